The van der Waals surface area contributed by atoms with E-state index in [1.54, 1.807) is 6.26 Å². The Morgan fingerprint density at radius 3 is 2.75 bits per heavy atom. The summed E-state index contributed by atoms with van der Waals surface area (Å²) in [6, 6.07) is 12.6. The standard InChI is InChI=1S/C17H21NO2/c1-12(15-9-6-10-19-15)18-14-11-17(2,3)20-16-8-5-4-7-13(14)16/h4-10,12,14,18H,11H2,1-3H3/t12-,14?/m1/s1. The smallest absolute Gasteiger partial charge is 0.124 e. The molecular formula is C17H21NO2. The number of furan rings is 1. The highest BCUT2D eigenvalue weighted by Crippen LogP contribution is 2.40. The normalized spacial score (nSPS) is 21.9. The average molecular weight is 271 g/mol. The molecule has 2 atom stereocenters. The predicted octanol–water partition coefficient (Wildman–Crippen LogP) is 4.23. The first-order valence-corrected chi connectivity index (χ1v) is 7.12. The van der Waals surface area contributed by atoms with Crippen LogP contribution in [-0.4, -0.2) is 5.60 Å². The van der Waals surface area contributed by atoms with Crippen molar-refractivity contribution in [2.24, 2.45) is 0 Å². The van der Waals surface area contributed by atoms with Gasteiger partial charge in [0.2, 0.25) is 0 Å². The van der Waals surface area contributed by atoms with Crippen molar-refractivity contribution in [1.82, 2.24) is 5.32 Å². The van der Waals surface area contributed by atoms with E-state index in [4.69, 9.17) is 9.15 Å². The third-order valence-electron chi connectivity index (χ3n) is 3.80. The van der Waals surface area contributed by atoms with Crippen molar-refractivity contribution in [3.8, 4) is 5.75 Å². The summed E-state index contributed by atoms with van der Waals surface area (Å²) in [5.74, 6) is 1.94. The van der Waals surface area contributed by atoms with E-state index >= 15 is 0 Å². The summed E-state index contributed by atoms with van der Waals surface area (Å²) in [5.41, 5.74) is 1.07. The molecule has 1 aromatic carbocycles. The Morgan fingerprint density at radius 2 is 2.00 bits per heavy atom. The second-order valence-corrected chi connectivity index (χ2v) is 6.06. The molecule has 1 N–H and O–H groups in total. The Morgan fingerprint density at radius 1 is 1.20 bits per heavy atom. The maximum Gasteiger partial charge on any atom is 0.124 e. The molecule has 0 bridgehead atoms. The van der Waals surface area contributed by atoms with Crippen LogP contribution in [0.15, 0.2) is 47.1 Å². The molecule has 3 heteroatoms. The SMILES string of the molecule is C[C@@H](NC1CC(C)(C)Oc2ccccc21)c1ccco1. The van der Waals surface area contributed by atoms with Crippen LogP contribution in [0.5, 0.6) is 5.75 Å². The average Bonchev–Trinajstić information content (AvgIpc) is 2.91. The van der Waals surface area contributed by atoms with E-state index in [9.17, 15) is 0 Å². The van der Waals surface area contributed by atoms with Crippen molar-refractivity contribution in [3.63, 3.8) is 0 Å². The fourth-order valence-electron chi connectivity index (χ4n) is 2.87. The quantitative estimate of drug-likeness (QED) is 0.907. The Hall–Kier alpha value is -1.74. The summed E-state index contributed by atoms with van der Waals surface area (Å²) >= 11 is 0. The van der Waals surface area contributed by atoms with E-state index in [0.717, 1.165) is 17.9 Å². The monoisotopic (exact) mass is 271 g/mol. The van der Waals surface area contributed by atoms with Crippen LogP contribution in [0, 0.1) is 0 Å². The lowest BCUT2D eigenvalue weighted by atomic mass is 9.89. The number of para-hydroxylation sites is 1. The molecule has 0 amide bonds. The first-order valence-electron chi connectivity index (χ1n) is 7.12. The minimum Gasteiger partial charge on any atom is -0.487 e. The molecule has 20 heavy (non-hydrogen) atoms. The minimum absolute atomic E-state index is 0.158. The van der Waals surface area contributed by atoms with Gasteiger partial charge in [0.15, 0.2) is 0 Å². The Bertz CT molecular complexity index is 574. The Labute approximate surface area is 119 Å². The summed E-state index contributed by atoms with van der Waals surface area (Å²) in [6.45, 7) is 6.40. The molecule has 3 rings (SSSR count). The van der Waals surface area contributed by atoms with Crippen LogP contribution in [0.1, 0.15) is 50.6 Å². The molecular weight excluding hydrogens is 250 g/mol. The van der Waals surface area contributed by atoms with Gasteiger partial charge < -0.3 is 14.5 Å². The van der Waals surface area contributed by atoms with Crippen molar-refractivity contribution in [2.45, 2.75) is 44.9 Å². The van der Waals surface area contributed by atoms with Crippen molar-refractivity contribution in [3.05, 3.63) is 54.0 Å². The zero-order chi connectivity index (χ0) is 14.2. The van der Waals surface area contributed by atoms with Gasteiger partial charge >= 0.3 is 0 Å². The van der Waals surface area contributed by atoms with Gasteiger partial charge in [0.05, 0.1) is 12.3 Å². The summed E-state index contributed by atoms with van der Waals surface area (Å²) < 4.78 is 11.5. The van der Waals surface area contributed by atoms with Crippen LogP contribution in [0.2, 0.25) is 0 Å². The van der Waals surface area contributed by atoms with E-state index in [1.807, 2.05) is 24.3 Å². The van der Waals surface area contributed by atoms with Gasteiger partial charge in [0, 0.05) is 18.0 Å². The molecule has 0 saturated carbocycles. The molecule has 1 unspecified atom stereocenters. The molecule has 106 valence electrons. The molecule has 2 aromatic rings. The van der Waals surface area contributed by atoms with Gasteiger partial charge in [-0.05, 0) is 39.0 Å². The summed E-state index contributed by atoms with van der Waals surface area (Å²) in [4.78, 5) is 0. The van der Waals surface area contributed by atoms with Gasteiger partial charge in [-0.2, -0.15) is 0 Å². The van der Waals surface area contributed by atoms with Gasteiger partial charge in [-0.25, -0.2) is 0 Å². The first-order chi connectivity index (χ1) is 9.55. The zero-order valence-corrected chi connectivity index (χ0v) is 12.2. The van der Waals surface area contributed by atoms with Crippen molar-refractivity contribution >= 4 is 0 Å². The summed E-state index contributed by atoms with van der Waals surface area (Å²) in [5, 5.41) is 3.66. The zero-order valence-electron chi connectivity index (χ0n) is 12.2. The second kappa shape index (κ2) is 4.98. The first kappa shape index (κ1) is 13.3. The topological polar surface area (TPSA) is 34.4 Å². The predicted molar refractivity (Wildman–Crippen MR) is 78.8 cm³/mol. The van der Waals surface area contributed by atoms with Crippen LogP contribution < -0.4 is 10.1 Å². The number of rotatable bonds is 3. The van der Waals surface area contributed by atoms with Crippen LogP contribution in [0.3, 0.4) is 0 Å². The van der Waals surface area contributed by atoms with Gasteiger partial charge in [-0.15, -0.1) is 0 Å². The highest BCUT2D eigenvalue weighted by Gasteiger charge is 2.34. The molecule has 0 fully saturated rings. The molecule has 0 spiro atoms. The highest BCUT2D eigenvalue weighted by atomic mass is 16.5. The van der Waals surface area contributed by atoms with E-state index in [2.05, 4.69) is 38.2 Å². The van der Waals surface area contributed by atoms with Crippen LogP contribution in [0.4, 0.5) is 0 Å². The molecule has 0 radical (unpaired) electrons. The van der Waals surface area contributed by atoms with Gasteiger partial charge in [0.1, 0.15) is 17.1 Å². The molecule has 0 aliphatic carbocycles. The molecule has 3 nitrogen and oxygen atoms in total. The van der Waals surface area contributed by atoms with Crippen LogP contribution in [0.25, 0.3) is 0 Å². The number of nitrogens with one attached hydrogen (secondary N) is 1. The maximum atomic E-state index is 6.06. The molecule has 2 heterocycles. The number of hydrogen-bond acceptors (Lipinski definition) is 3. The molecule has 1 aromatic heterocycles. The van der Waals surface area contributed by atoms with Crippen molar-refractivity contribution in [1.29, 1.82) is 0 Å². The Kier molecular flexibility index (Phi) is 3.30. The molecule has 1 aliphatic heterocycles. The fourth-order valence-corrected chi connectivity index (χ4v) is 2.87. The summed E-state index contributed by atoms with van der Waals surface area (Å²) in [7, 11) is 0. The third kappa shape index (κ3) is 2.59. The van der Waals surface area contributed by atoms with Gasteiger partial charge in [0.25, 0.3) is 0 Å². The van der Waals surface area contributed by atoms with Gasteiger partial charge in [-0.1, -0.05) is 18.2 Å². The van der Waals surface area contributed by atoms with Gasteiger partial charge in [-0.3, -0.25) is 0 Å². The number of ether oxygens (including phenoxy) is 1. The molecule has 0 saturated heterocycles. The lowest BCUT2D eigenvalue weighted by Gasteiger charge is -2.38. The maximum absolute atomic E-state index is 6.06. The number of benzene rings is 1. The highest BCUT2D eigenvalue weighted by molar-refractivity contribution is 5.38. The fraction of sp³-hybridized carbons (Fsp3) is 0.412. The van der Waals surface area contributed by atoms with Crippen LogP contribution in [-0.2, 0) is 0 Å². The number of hydrogen-bond donors (Lipinski definition) is 1. The van der Waals surface area contributed by atoms with Crippen LogP contribution >= 0.6 is 0 Å². The summed E-state index contributed by atoms with van der Waals surface area (Å²) in [6.07, 6.45) is 2.66. The lowest BCUT2D eigenvalue weighted by molar-refractivity contribution is 0.0634. The van der Waals surface area contributed by atoms with E-state index in [-0.39, 0.29) is 17.7 Å². The third-order valence-corrected chi connectivity index (χ3v) is 3.80. The second-order valence-electron chi connectivity index (χ2n) is 6.06. The van der Waals surface area contributed by atoms with E-state index in [1.165, 1.54) is 5.56 Å². The van der Waals surface area contributed by atoms with Crippen molar-refractivity contribution < 1.29 is 9.15 Å². The van der Waals surface area contributed by atoms with E-state index < -0.39 is 0 Å². The lowest BCUT2D eigenvalue weighted by Crippen LogP contribution is -2.40. The Balaban J connectivity index is 1.85. The van der Waals surface area contributed by atoms with E-state index in [0.29, 0.717) is 0 Å². The largest absolute Gasteiger partial charge is 0.487 e. The van der Waals surface area contributed by atoms with Crippen molar-refractivity contribution in [2.75, 3.05) is 0 Å². The number of fused-ring (bicyclic) bond motifs is 1. The minimum atomic E-state index is -0.158. The molecule has 1 aliphatic rings.